The second kappa shape index (κ2) is 12.7. The number of carbonyl (C=O) groups is 1. The molecular weight excluding hydrogens is 495 g/mol. The van der Waals surface area contributed by atoms with E-state index in [4.69, 9.17) is 4.74 Å². The van der Waals surface area contributed by atoms with Gasteiger partial charge in [0.2, 0.25) is 0 Å². The second-order valence-corrected chi connectivity index (χ2v) is 10.1. The van der Waals surface area contributed by atoms with Gasteiger partial charge >= 0.3 is 6.18 Å². The number of amides is 1. The SMILES string of the molecule is CCNC(=O)c1ccc(CCC[C@@H]2[C@@H](/C=C/[C@@H](O)COc3cccc(C(F)(F)F)c3)[C@H](O)C[C@@H]2O)s1. The zero-order valence-electron chi connectivity index (χ0n) is 19.9. The number of aryl methyl sites for hydroxylation is 1. The zero-order chi connectivity index (χ0) is 26.3. The summed E-state index contributed by atoms with van der Waals surface area (Å²) in [5.41, 5.74) is -0.834. The number of halogens is 3. The summed E-state index contributed by atoms with van der Waals surface area (Å²) >= 11 is 1.44. The normalized spacial score (nSPS) is 23.2. The van der Waals surface area contributed by atoms with Crippen molar-refractivity contribution in [1.82, 2.24) is 5.32 Å². The number of benzene rings is 1. The Hall–Kier alpha value is -2.40. The molecule has 0 aliphatic heterocycles. The minimum Gasteiger partial charge on any atom is -0.491 e. The molecule has 1 aromatic heterocycles. The first kappa shape index (κ1) is 28.2. The number of hydrogen-bond acceptors (Lipinski definition) is 6. The quantitative estimate of drug-likeness (QED) is 0.329. The summed E-state index contributed by atoms with van der Waals surface area (Å²) in [6.45, 7) is 2.18. The number of alkyl halides is 3. The molecule has 10 heteroatoms. The van der Waals surface area contributed by atoms with Crippen LogP contribution < -0.4 is 10.1 Å². The number of ether oxygens (including phenoxy) is 1. The van der Waals surface area contributed by atoms with Gasteiger partial charge in [-0.25, -0.2) is 0 Å². The lowest BCUT2D eigenvalue weighted by atomic mass is 9.88. The van der Waals surface area contributed by atoms with E-state index in [-0.39, 0.29) is 36.5 Å². The molecule has 0 bridgehead atoms. The van der Waals surface area contributed by atoms with Gasteiger partial charge in [0.15, 0.2) is 0 Å². The van der Waals surface area contributed by atoms with Crippen LogP contribution in [0.1, 0.15) is 46.3 Å². The third-order valence-corrected chi connectivity index (χ3v) is 7.38. The molecule has 36 heavy (non-hydrogen) atoms. The van der Waals surface area contributed by atoms with Gasteiger partial charge in [-0.3, -0.25) is 4.79 Å². The highest BCUT2D eigenvalue weighted by Crippen LogP contribution is 2.37. The van der Waals surface area contributed by atoms with Gasteiger partial charge in [0, 0.05) is 23.8 Å². The van der Waals surface area contributed by atoms with Crippen LogP contribution in [0.2, 0.25) is 0 Å². The maximum Gasteiger partial charge on any atom is 0.416 e. The number of hydrogen-bond donors (Lipinski definition) is 4. The Bertz CT molecular complexity index is 1030. The molecule has 1 aliphatic rings. The molecule has 0 saturated heterocycles. The van der Waals surface area contributed by atoms with Crippen molar-refractivity contribution in [2.75, 3.05) is 13.2 Å². The molecule has 198 valence electrons. The van der Waals surface area contributed by atoms with Gasteiger partial charge in [0.05, 0.1) is 22.6 Å². The van der Waals surface area contributed by atoms with E-state index in [2.05, 4.69) is 5.32 Å². The van der Waals surface area contributed by atoms with Crippen molar-refractivity contribution < 1.29 is 38.0 Å². The Morgan fingerprint density at radius 1 is 1.25 bits per heavy atom. The van der Waals surface area contributed by atoms with Crippen molar-refractivity contribution in [3.63, 3.8) is 0 Å². The Morgan fingerprint density at radius 3 is 2.75 bits per heavy atom. The molecule has 1 fully saturated rings. The van der Waals surface area contributed by atoms with E-state index in [1.165, 1.54) is 29.5 Å². The topological polar surface area (TPSA) is 99.0 Å². The molecule has 2 aromatic rings. The number of aliphatic hydroxyl groups excluding tert-OH is 3. The summed E-state index contributed by atoms with van der Waals surface area (Å²) in [5, 5.41) is 33.9. The highest BCUT2D eigenvalue weighted by Gasteiger charge is 2.39. The summed E-state index contributed by atoms with van der Waals surface area (Å²) in [5.74, 6) is -0.660. The number of rotatable bonds is 11. The minimum atomic E-state index is -4.48. The van der Waals surface area contributed by atoms with Gasteiger partial charge in [-0.2, -0.15) is 13.2 Å². The Morgan fingerprint density at radius 2 is 2.03 bits per heavy atom. The second-order valence-electron chi connectivity index (χ2n) is 8.92. The maximum atomic E-state index is 12.8. The van der Waals surface area contributed by atoms with Crippen molar-refractivity contribution >= 4 is 17.2 Å². The molecule has 1 aliphatic carbocycles. The van der Waals surface area contributed by atoms with Crippen LogP contribution in [0.15, 0.2) is 48.6 Å². The van der Waals surface area contributed by atoms with Gasteiger partial charge in [0.1, 0.15) is 18.5 Å². The Labute approximate surface area is 212 Å². The van der Waals surface area contributed by atoms with Crippen LogP contribution in [0.5, 0.6) is 5.75 Å². The van der Waals surface area contributed by atoms with E-state index in [0.717, 1.165) is 29.9 Å². The molecular formula is C26H32F3NO5S. The monoisotopic (exact) mass is 527 g/mol. The van der Waals surface area contributed by atoms with Crippen molar-refractivity contribution in [2.24, 2.45) is 11.8 Å². The van der Waals surface area contributed by atoms with Gasteiger partial charge < -0.3 is 25.4 Å². The molecule has 1 saturated carbocycles. The van der Waals surface area contributed by atoms with Crippen molar-refractivity contribution in [3.8, 4) is 5.75 Å². The first-order valence-corrected chi connectivity index (χ1v) is 12.8. The number of thiophene rings is 1. The molecule has 0 radical (unpaired) electrons. The van der Waals surface area contributed by atoms with Gasteiger partial charge in [-0.15, -0.1) is 11.3 Å². The lowest BCUT2D eigenvalue weighted by Gasteiger charge is -2.21. The summed E-state index contributed by atoms with van der Waals surface area (Å²) in [4.78, 5) is 13.7. The Balaban J connectivity index is 1.51. The fraction of sp³-hybridized carbons (Fsp3) is 0.500. The van der Waals surface area contributed by atoms with E-state index in [9.17, 15) is 33.3 Å². The van der Waals surface area contributed by atoms with E-state index >= 15 is 0 Å². The zero-order valence-corrected chi connectivity index (χ0v) is 20.8. The van der Waals surface area contributed by atoms with E-state index in [0.29, 0.717) is 17.8 Å². The molecule has 6 nitrogen and oxygen atoms in total. The van der Waals surface area contributed by atoms with E-state index < -0.39 is 30.1 Å². The lowest BCUT2D eigenvalue weighted by Crippen LogP contribution is -2.22. The summed E-state index contributed by atoms with van der Waals surface area (Å²) in [6, 6.07) is 8.15. The highest BCUT2D eigenvalue weighted by atomic mass is 32.1. The molecule has 0 spiro atoms. The Kier molecular flexibility index (Phi) is 9.95. The minimum absolute atomic E-state index is 0.00427. The lowest BCUT2D eigenvalue weighted by molar-refractivity contribution is -0.137. The van der Waals surface area contributed by atoms with Gasteiger partial charge in [-0.1, -0.05) is 18.2 Å². The molecule has 3 rings (SSSR count). The fourth-order valence-corrected chi connectivity index (χ4v) is 5.39. The fourth-order valence-electron chi connectivity index (χ4n) is 4.43. The first-order valence-electron chi connectivity index (χ1n) is 12.0. The van der Waals surface area contributed by atoms with Crippen molar-refractivity contribution in [1.29, 1.82) is 0 Å². The third-order valence-electron chi connectivity index (χ3n) is 6.24. The molecule has 5 atom stereocenters. The largest absolute Gasteiger partial charge is 0.491 e. The van der Waals surface area contributed by atoms with Gasteiger partial charge in [0.25, 0.3) is 5.91 Å². The number of nitrogens with one attached hydrogen (secondary N) is 1. The number of aliphatic hydroxyl groups is 3. The van der Waals surface area contributed by atoms with Crippen LogP contribution in [0.4, 0.5) is 13.2 Å². The standard InChI is InChI=1S/C26H32F3NO5S/c1-2-30-25(34)24-12-10-19(36-24)7-4-8-20-21(23(33)14-22(20)32)11-9-17(31)15-35-18-6-3-5-16(13-18)26(27,28)29/h3,5-6,9-13,17,20-23,31-33H,2,4,7-8,14-15H2,1H3,(H,30,34)/b11-9+/t17-,20-,21-,22+,23-/m1/s1. The maximum absolute atomic E-state index is 12.8. The van der Waals surface area contributed by atoms with Crippen LogP contribution in [0, 0.1) is 11.8 Å². The smallest absolute Gasteiger partial charge is 0.416 e. The molecule has 1 heterocycles. The van der Waals surface area contributed by atoms with Crippen LogP contribution in [-0.2, 0) is 12.6 Å². The summed E-state index contributed by atoms with van der Waals surface area (Å²) in [7, 11) is 0. The molecule has 1 amide bonds. The summed E-state index contributed by atoms with van der Waals surface area (Å²) < 4.78 is 43.8. The average molecular weight is 528 g/mol. The van der Waals surface area contributed by atoms with E-state index in [1.807, 2.05) is 13.0 Å². The molecule has 0 unspecified atom stereocenters. The van der Waals surface area contributed by atoms with Crippen LogP contribution in [0.3, 0.4) is 0 Å². The van der Waals surface area contributed by atoms with Crippen LogP contribution in [-0.4, -0.2) is 52.7 Å². The molecule has 1 aromatic carbocycles. The first-order chi connectivity index (χ1) is 17.1. The van der Waals surface area contributed by atoms with Crippen LogP contribution >= 0.6 is 11.3 Å². The summed E-state index contributed by atoms with van der Waals surface area (Å²) in [6.07, 6.45) is -1.52. The predicted octanol–water partition coefficient (Wildman–Crippen LogP) is 4.19. The number of carbonyl (C=O) groups excluding carboxylic acids is 1. The van der Waals surface area contributed by atoms with Crippen LogP contribution in [0.25, 0.3) is 0 Å². The third kappa shape index (κ3) is 7.80. The van der Waals surface area contributed by atoms with E-state index in [1.54, 1.807) is 12.1 Å². The average Bonchev–Trinajstić information content (AvgIpc) is 3.40. The van der Waals surface area contributed by atoms with Crippen molar-refractivity contribution in [2.45, 2.75) is 57.1 Å². The van der Waals surface area contributed by atoms with Gasteiger partial charge in [-0.05, 0) is 62.4 Å². The predicted molar refractivity (Wildman–Crippen MR) is 131 cm³/mol. The highest BCUT2D eigenvalue weighted by molar-refractivity contribution is 7.14. The van der Waals surface area contributed by atoms with Crippen molar-refractivity contribution in [3.05, 3.63) is 63.9 Å². The molecule has 4 N–H and O–H groups in total.